The van der Waals surface area contributed by atoms with E-state index >= 15 is 0 Å². The molecule has 0 amide bonds. The molecule has 0 bridgehead atoms. The summed E-state index contributed by atoms with van der Waals surface area (Å²) in [5.41, 5.74) is -0.153. The van der Waals surface area contributed by atoms with E-state index in [4.69, 9.17) is 9.31 Å². The predicted molar refractivity (Wildman–Crippen MR) is 38.9 cm³/mol. The van der Waals surface area contributed by atoms with Gasteiger partial charge in [0, 0.05) is 11.2 Å². The van der Waals surface area contributed by atoms with Gasteiger partial charge < -0.3 is 9.31 Å². The Balaban J connectivity index is 2.75. The van der Waals surface area contributed by atoms with Crippen molar-refractivity contribution < 1.29 is 9.31 Å². The molecular formula is C6H14BO2-. The van der Waals surface area contributed by atoms with Crippen molar-refractivity contribution in [2.24, 2.45) is 0 Å². The lowest BCUT2D eigenvalue weighted by molar-refractivity contribution is 0.00578. The van der Waals surface area contributed by atoms with Gasteiger partial charge in [0.05, 0.1) is 0 Å². The molecule has 1 aliphatic rings. The lowest BCUT2D eigenvalue weighted by atomic mass is 9.90. The first-order chi connectivity index (χ1) is 3.96. The van der Waals surface area contributed by atoms with Crippen molar-refractivity contribution in [1.82, 2.24) is 0 Å². The third-order valence-corrected chi connectivity index (χ3v) is 2.64. The van der Waals surface area contributed by atoms with Crippen molar-refractivity contribution in [2.45, 2.75) is 38.9 Å². The van der Waals surface area contributed by atoms with Crippen molar-refractivity contribution in [2.75, 3.05) is 0 Å². The first-order valence-electron chi connectivity index (χ1n) is 3.47. The highest BCUT2D eigenvalue weighted by molar-refractivity contribution is 6.19. The van der Waals surface area contributed by atoms with Crippen molar-refractivity contribution >= 4 is 7.69 Å². The van der Waals surface area contributed by atoms with Crippen LogP contribution in [0.2, 0.25) is 0 Å². The number of hydrogen-bond donors (Lipinski definition) is 0. The highest BCUT2D eigenvalue weighted by atomic mass is 16.7. The first kappa shape index (κ1) is 7.10. The molecule has 0 saturated carbocycles. The van der Waals surface area contributed by atoms with E-state index < -0.39 is 7.69 Å². The molecule has 0 aromatic rings. The molecule has 1 rings (SSSR count). The van der Waals surface area contributed by atoms with Crippen LogP contribution in [0.1, 0.15) is 27.7 Å². The Kier molecular flexibility index (Phi) is 1.37. The van der Waals surface area contributed by atoms with Crippen LogP contribution in [-0.2, 0) is 9.31 Å². The zero-order valence-electron chi connectivity index (χ0n) is 6.82. The summed E-state index contributed by atoms with van der Waals surface area (Å²) in [6.07, 6.45) is 0. The largest absolute Gasteiger partial charge is 0.566 e. The second-order valence-corrected chi connectivity index (χ2v) is 3.60. The Hall–Kier alpha value is -0.0151. The zero-order chi connectivity index (χ0) is 7.12. The summed E-state index contributed by atoms with van der Waals surface area (Å²) in [6, 6.07) is 0. The van der Waals surface area contributed by atoms with Gasteiger partial charge >= 0.3 is 0 Å². The van der Waals surface area contributed by atoms with Crippen molar-refractivity contribution in [3.05, 3.63) is 0 Å². The van der Waals surface area contributed by atoms with Gasteiger partial charge in [0.2, 0.25) is 7.69 Å². The van der Waals surface area contributed by atoms with Gasteiger partial charge in [0.1, 0.15) is 0 Å². The molecule has 2 nitrogen and oxygen atoms in total. The van der Waals surface area contributed by atoms with E-state index in [1.165, 1.54) is 0 Å². The SMILES string of the molecule is CC1(C)O[BH2-]OC1(C)C. The molecule has 0 atom stereocenters. The van der Waals surface area contributed by atoms with Crippen LogP contribution in [0.5, 0.6) is 0 Å². The van der Waals surface area contributed by atoms with E-state index in [1.807, 2.05) is 0 Å². The van der Waals surface area contributed by atoms with Crippen molar-refractivity contribution in [3.63, 3.8) is 0 Å². The second kappa shape index (κ2) is 1.73. The molecule has 0 radical (unpaired) electrons. The van der Waals surface area contributed by atoms with Crippen molar-refractivity contribution in [3.8, 4) is 0 Å². The minimum atomic E-state index is -0.556. The quantitative estimate of drug-likeness (QED) is 0.445. The van der Waals surface area contributed by atoms with Gasteiger partial charge in [-0.25, -0.2) is 0 Å². The second-order valence-electron chi connectivity index (χ2n) is 3.60. The minimum absolute atomic E-state index is 0.0764. The topological polar surface area (TPSA) is 18.5 Å². The van der Waals surface area contributed by atoms with Crippen LogP contribution >= 0.6 is 0 Å². The molecule has 1 aliphatic heterocycles. The van der Waals surface area contributed by atoms with Gasteiger partial charge in [-0.05, 0) is 27.7 Å². The summed E-state index contributed by atoms with van der Waals surface area (Å²) in [5, 5.41) is 0. The van der Waals surface area contributed by atoms with Gasteiger partial charge in [0.25, 0.3) is 0 Å². The molecule has 0 aromatic carbocycles. The molecule has 1 fully saturated rings. The molecule has 0 spiro atoms. The van der Waals surface area contributed by atoms with Crippen LogP contribution in [0.25, 0.3) is 0 Å². The number of hydrogen-bond acceptors (Lipinski definition) is 2. The summed E-state index contributed by atoms with van der Waals surface area (Å²) in [4.78, 5) is 0. The van der Waals surface area contributed by atoms with Crippen molar-refractivity contribution in [1.29, 1.82) is 0 Å². The maximum atomic E-state index is 5.46. The Labute approximate surface area is 56.8 Å². The molecule has 9 heavy (non-hydrogen) atoms. The van der Waals surface area contributed by atoms with Gasteiger partial charge in [-0.2, -0.15) is 0 Å². The lowest BCUT2D eigenvalue weighted by Gasteiger charge is -2.37. The molecule has 54 valence electrons. The molecule has 0 aliphatic carbocycles. The number of rotatable bonds is 0. The summed E-state index contributed by atoms with van der Waals surface area (Å²) in [7, 11) is -0.556. The smallest absolute Gasteiger partial charge is 0.211 e. The third kappa shape index (κ3) is 0.991. The predicted octanol–water partition coefficient (Wildman–Crippen LogP) is 0.589. The third-order valence-electron chi connectivity index (χ3n) is 2.64. The standard InChI is InChI=1S/C6H14BO2/c1-5(2)6(3,4)9-7-8-5/h7H2,1-4H3/q-1. The fourth-order valence-corrected chi connectivity index (χ4v) is 0.950. The maximum absolute atomic E-state index is 5.46. The average Bonchev–Trinajstić information content (AvgIpc) is 1.81. The summed E-state index contributed by atoms with van der Waals surface area (Å²) in [6.45, 7) is 8.29. The Morgan fingerprint density at radius 2 is 1.22 bits per heavy atom. The van der Waals surface area contributed by atoms with Gasteiger partial charge in [-0.3, -0.25) is 0 Å². The fraction of sp³-hybridized carbons (Fsp3) is 1.00. The molecule has 0 N–H and O–H groups in total. The average molecular weight is 129 g/mol. The van der Waals surface area contributed by atoms with Gasteiger partial charge in [0.15, 0.2) is 0 Å². The van der Waals surface area contributed by atoms with E-state index in [-0.39, 0.29) is 11.2 Å². The lowest BCUT2D eigenvalue weighted by Crippen LogP contribution is -2.41. The fourth-order valence-electron chi connectivity index (χ4n) is 0.950. The van der Waals surface area contributed by atoms with Crippen LogP contribution in [-0.4, -0.2) is 18.9 Å². The molecule has 1 saturated heterocycles. The Bertz CT molecular complexity index is 106. The van der Waals surface area contributed by atoms with Crippen LogP contribution in [0.3, 0.4) is 0 Å². The molecular weight excluding hydrogens is 115 g/mol. The van der Waals surface area contributed by atoms with E-state index in [0.717, 1.165) is 0 Å². The molecule has 0 aromatic heterocycles. The highest BCUT2D eigenvalue weighted by Crippen LogP contribution is 2.33. The summed E-state index contributed by atoms with van der Waals surface area (Å²) < 4.78 is 10.9. The van der Waals surface area contributed by atoms with Crippen LogP contribution in [0.15, 0.2) is 0 Å². The molecule has 1 heterocycles. The highest BCUT2D eigenvalue weighted by Gasteiger charge is 2.38. The Morgan fingerprint density at radius 1 is 0.889 bits per heavy atom. The Morgan fingerprint density at radius 3 is 1.33 bits per heavy atom. The zero-order valence-corrected chi connectivity index (χ0v) is 6.82. The minimum Gasteiger partial charge on any atom is -0.566 e. The summed E-state index contributed by atoms with van der Waals surface area (Å²) >= 11 is 0. The van der Waals surface area contributed by atoms with Crippen LogP contribution in [0.4, 0.5) is 0 Å². The first-order valence-corrected chi connectivity index (χ1v) is 3.47. The van der Waals surface area contributed by atoms with Crippen LogP contribution < -0.4 is 0 Å². The van der Waals surface area contributed by atoms with Gasteiger partial charge in [-0.15, -0.1) is 0 Å². The molecule has 3 heteroatoms. The maximum Gasteiger partial charge on any atom is 0.211 e. The van der Waals surface area contributed by atoms with Crippen LogP contribution in [0, 0.1) is 0 Å². The van der Waals surface area contributed by atoms with E-state index in [0.29, 0.717) is 0 Å². The normalized spacial score (nSPS) is 30.7. The van der Waals surface area contributed by atoms with E-state index in [9.17, 15) is 0 Å². The molecule has 0 unspecified atom stereocenters. The summed E-state index contributed by atoms with van der Waals surface area (Å²) in [5.74, 6) is 0. The van der Waals surface area contributed by atoms with Gasteiger partial charge in [-0.1, -0.05) is 0 Å². The van der Waals surface area contributed by atoms with E-state index in [1.54, 1.807) is 0 Å². The van der Waals surface area contributed by atoms with E-state index in [2.05, 4.69) is 27.7 Å². The monoisotopic (exact) mass is 129 g/mol.